The van der Waals surface area contributed by atoms with Crippen LogP contribution in [0.3, 0.4) is 0 Å². The van der Waals surface area contributed by atoms with Crippen LogP contribution in [0, 0.1) is 0 Å². The lowest BCUT2D eigenvalue weighted by Gasteiger charge is -2.02. The molecule has 0 fully saturated rings. The summed E-state index contributed by atoms with van der Waals surface area (Å²) in [7, 11) is 0. The summed E-state index contributed by atoms with van der Waals surface area (Å²) in [6.45, 7) is 3.97. The number of aromatic nitrogens is 2. The molecule has 1 aromatic rings. The highest BCUT2D eigenvalue weighted by atomic mass is 35.5. The number of hydrogen-bond acceptors (Lipinski definition) is 3. The molecule has 5 heteroatoms. The van der Waals surface area contributed by atoms with Gasteiger partial charge in [0.05, 0.1) is 18.9 Å². The molecule has 0 atom stereocenters. The standard InChI is InChI=1S/C7H7Cl2N3/c1-5(8)2-11-7-4-10-3-6(9)12-7/h3-4H,1-2H2,(H,11,12). The lowest BCUT2D eigenvalue weighted by atomic mass is 10.5. The summed E-state index contributed by atoms with van der Waals surface area (Å²) < 4.78 is 0. The van der Waals surface area contributed by atoms with E-state index in [0.717, 1.165) is 0 Å². The second-order valence-electron chi connectivity index (χ2n) is 2.10. The molecular weight excluding hydrogens is 197 g/mol. The maximum Gasteiger partial charge on any atom is 0.149 e. The molecule has 3 nitrogen and oxygen atoms in total. The second-order valence-corrected chi connectivity index (χ2v) is 3.02. The van der Waals surface area contributed by atoms with Crippen LogP contribution in [0.4, 0.5) is 5.82 Å². The summed E-state index contributed by atoms with van der Waals surface area (Å²) in [5.41, 5.74) is 0. The van der Waals surface area contributed by atoms with E-state index in [4.69, 9.17) is 23.2 Å². The van der Waals surface area contributed by atoms with Gasteiger partial charge in [-0.1, -0.05) is 29.8 Å². The summed E-state index contributed by atoms with van der Waals surface area (Å²) in [4.78, 5) is 7.77. The van der Waals surface area contributed by atoms with E-state index in [1.807, 2.05) is 0 Å². The Balaban J connectivity index is 2.57. The molecule has 0 spiro atoms. The fourth-order valence-electron chi connectivity index (χ4n) is 0.614. The highest BCUT2D eigenvalue weighted by Gasteiger charge is 1.95. The molecule has 1 aromatic heterocycles. The maximum atomic E-state index is 5.59. The van der Waals surface area contributed by atoms with Gasteiger partial charge in [0.1, 0.15) is 11.0 Å². The molecular formula is C7H7Cl2N3. The zero-order chi connectivity index (χ0) is 8.97. The molecule has 64 valence electrons. The summed E-state index contributed by atoms with van der Waals surface area (Å²) in [5, 5.41) is 3.75. The Kier molecular flexibility index (Phi) is 3.31. The zero-order valence-electron chi connectivity index (χ0n) is 6.22. The first-order valence-corrected chi connectivity index (χ1v) is 3.99. The van der Waals surface area contributed by atoms with Crippen molar-refractivity contribution < 1.29 is 0 Å². The Morgan fingerprint density at radius 3 is 2.92 bits per heavy atom. The minimum Gasteiger partial charge on any atom is -0.364 e. The van der Waals surface area contributed by atoms with Crippen LogP contribution in [0.5, 0.6) is 0 Å². The Bertz CT molecular complexity index is 288. The van der Waals surface area contributed by atoms with Gasteiger partial charge in [-0.25, -0.2) is 4.98 Å². The molecule has 1 rings (SSSR count). The zero-order valence-corrected chi connectivity index (χ0v) is 7.73. The van der Waals surface area contributed by atoms with Crippen molar-refractivity contribution >= 4 is 29.0 Å². The molecule has 0 saturated heterocycles. The number of halogens is 2. The van der Waals surface area contributed by atoms with Gasteiger partial charge in [0.15, 0.2) is 0 Å². The first kappa shape index (κ1) is 9.29. The highest BCUT2D eigenvalue weighted by Crippen LogP contribution is 2.07. The number of hydrogen-bond donors (Lipinski definition) is 1. The third kappa shape index (κ3) is 3.07. The quantitative estimate of drug-likeness (QED) is 0.820. The Morgan fingerprint density at radius 2 is 2.33 bits per heavy atom. The number of nitrogens with one attached hydrogen (secondary N) is 1. The molecule has 0 amide bonds. The van der Waals surface area contributed by atoms with Gasteiger partial charge < -0.3 is 5.32 Å². The molecule has 1 N–H and O–H groups in total. The Hall–Kier alpha value is -0.800. The molecule has 1 heterocycles. The average Bonchev–Trinajstić information content (AvgIpc) is 2.01. The largest absolute Gasteiger partial charge is 0.364 e. The molecule has 0 aromatic carbocycles. The van der Waals surface area contributed by atoms with Gasteiger partial charge in [0.2, 0.25) is 0 Å². The number of rotatable bonds is 3. The van der Waals surface area contributed by atoms with Crippen molar-refractivity contribution in [1.82, 2.24) is 9.97 Å². The van der Waals surface area contributed by atoms with Crippen molar-refractivity contribution in [2.24, 2.45) is 0 Å². The third-order valence-corrected chi connectivity index (χ3v) is 1.38. The van der Waals surface area contributed by atoms with E-state index in [2.05, 4.69) is 21.9 Å². The van der Waals surface area contributed by atoms with E-state index < -0.39 is 0 Å². The van der Waals surface area contributed by atoms with Crippen LogP contribution < -0.4 is 5.32 Å². The molecule has 0 aliphatic heterocycles. The fraction of sp³-hybridized carbons (Fsp3) is 0.143. The van der Waals surface area contributed by atoms with Gasteiger partial charge >= 0.3 is 0 Å². The summed E-state index contributed by atoms with van der Waals surface area (Å²) in [5.74, 6) is 0.587. The van der Waals surface area contributed by atoms with E-state index in [9.17, 15) is 0 Å². The predicted octanol–water partition coefficient (Wildman–Crippen LogP) is 2.29. The van der Waals surface area contributed by atoms with E-state index in [1.54, 1.807) is 6.20 Å². The smallest absolute Gasteiger partial charge is 0.149 e. The molecule has 0 saturated carbocycles. The lowest BCUT2D eigenvalue weighted by molar-refractivity contribution is 1.15. The molecule has 0 aliphatic carbocycles. The van der Waals surface area contributed by atoms with Crippen LogP contribution in [0.1, 0.15) is 0 Å². The van der Waals surface area contributed by atoms with Crippen molar-refractivity contribution in [1.29, 1.82) is 0 Å². The average molecular weight is 204 g/mol. The summed E-state index contributed by atoms with van der Waals surface area (Å²) in [6.07, 6.45) is 3.02. The minimum atomic E-state index is 0.347. The first-order chi connectivity index (χ1) is 5.68. The third-order valence-electron chi connectivity index (χ3n) is 1.07. The fourth-order valence-corrected chi connectivity index (χ4v) is 0.828. The van der Waals surface area contributed by atoms with Crippen LogP contribution >= 0.6 is 23.2 Å². The summed E-state index contributed by atoms with van der Waals surface area (Å²) in [6, 6.07) is 0. The van der Waals surface area contributed by atoms with Crippen LogP contribution in [-0.2, 0) is 0 Å². The van der Waals surface area contributed by atoms with Crippen molar-refractivity contribution in [3.8, 4) is 0 Å². The van der Waals surface area contributed by atoms with Crippen LogP contribution in [0.15, 0.2) is 24.0 Å². The maximum absolute atomic E-state index is 5.59. The molecule has 0 bridgehead atoms. The molecule has 0 aliphatic rings. The van der Waals surface area contributed by atoms with Gasteiger partial charge in [0, 0.05) is 5.03 Å². The van der Waals surface area contributed by atoms with Crippen LogP contribution in [0.25, 0.3) is 0 Å². The minimum absolute atomic E-state index is 0.347. The van der Waals surface area contributed by atoms with Crippen molar-refractivity contribution in [3.05, 3.63) is 29.2 Å². The SMILES string of the molecule is C=C(Cl)CNc1cncc(Cl)n1. The van der Waals surface area contributed by atoms with Gasteiger partial charge in [-0.05, 0) is 0 Å². The van der Waals surface area contributed by atoms with Gasteiger partial charge in [0.25, 0.3) is 0 Å². The van der Waals surface area contributed by atoms with E-state index in [1.165, 1.54) is 6.20 Å². The highest BCUT2D eigenvalue weighted by molar-refractivity contribution is 6.29. The first-order valence-electron chi connectivity index (χ1n) is 3.23. The lowest BCUT2D eigenvalue weighted by Crippen LogP contribution is -2.02. The van der Waals surface area contributed by atoms with Gasteiger partial charge in [-0.3, -0.25) is 4.98 Å². The van der Waals surface area contributed by atoms with Crippen molar-refractivity contribution in [3.63, 3.8) is 0 Å². The van der Waals surface area contributed by atoms with Gasteiger partial charge in [-0.2, -0.15) is 0 Å². The second kappa shape index (κ2) is 4.28. The topological polar surface area (TPSA) is 37.8 Å². The predicted molar refractivity (Wildman–Crippen MR) is 50.5 cm³/mol. The van der Waals surface area contributed by atoms with Crippen LogP contribution in [0.2, 0.25) is 5.15 Å². The molecule has 0 unspecified atom stereocenters. The van der Waals surface area contributed by atoms with E-state index >= 15 is 0 Å². The van der Waals surface area contributed by atoms with E-state index in [-0.39, 0.29) is 0 Å². The van der Waals surface area contributed by atoms with Crippen LogP contribution in [-0.4, -0.2) is 16.5 Å². The Morgan fingerprint density at radius 1 is 1.58 bits per heavy atom. The van der Waals surface area contributed by atoms with E-state index in [0.29, 0.717) is 22.5 Å². The normalized spacial score (nSPS) is 9.50. The molecule has 12 heavy (non-hydrogen) atoms. The number of nitrogens with zero attached hydrogens (tertiary/aromatic N) is 2. The summed E-state index contributed by atoms with van der Waals surface area (Å²) >= 11 is 11.1. The molecule has 0 radical (unpaired) electrons. The Labute approximate surface area is 80.4 Å². The number of anilines is 1. The van der Waals surface area contributed by atoms with Crippen molar-refractivity contribution in [2.45, 2.75) is 0 Å². The van der Waals surface area contributed by atoms with Crippen molar-refractivity contribution in [2.75, 3.05) is 11.9 Å². The monoisotopic (exact) mass is 203 g/mol. The van der Waals surface area contributed by atoms with Gasteiger partial charge in [-0.15, -0.1) is 0 Å².